The topological polar surface area (TPSA) is 111 Å². The van der Waals surface area contributed by atoms with Crippen LogP contribution in [0.15, 0.2) is 47.8 Å². The van der Waals surface area contributed by atoms with Crippen molar-refractivity contribution >= 4 is 28.4 Å². The van der Waals surface area contributed by atoms with Gasteiger partial charge in [-0.15, -0.1) is 0 Å². The first-order valence-electron chi connectivity index (χ1n) is 9.47. The summed E-state index contributed by atoms with van der Waals surface area (Å²) >= 11 is 0. The fourth-order valence-electron chi connectivity index (χ4n) is 3.77. The highest BCUT2D eigenvalue weighted by atomic mass is 19.1. The molecule has 1 unspecified atom stereocenters. The minimum atomic E-state index is -0.714. The van der Waals surface area contributed by atoms with Gasteiger partial charge in [-0.25, -0.2) is 8.78 Å². The lowest BCUT2D eigenvalue weighted by atomic mass is 9.82. The van der Waals surface area contributed by atoms with Gasteiger partial charge in [0.1, 0.15) is 11.6 Å². The van der Waals surface area contributed by atoms with Crippen LogP contribution in [0.4, 0.5) is 14.5 Å². The first kappa shape index (κ1) is 20.2. The maximum Gasteiger partial charge on any atom is 0.228 e. The van der Waals surface area contributed by atoms with Gasteiger partial charge in [0.05, 0.1) is 35.5 Å². The van der Waals surface area contributed by atoms with Crippen molar-refractivity contribution in [2.24, 2.45) is 0 Å². The van der Waals surface area contributed by atoms with Gasteiger partial charge in [-0.1, -0.05) is 0 Å². The molecule has 1 aliphatic heterocycles. The molecule has 0 fully saturated rings. The van der Waals surface area contributed by atoms with Gasteiger partial charge in [0.15, 0.2) is 0 Å². The number of nitriles is 1. The summed E-state index contributed by atoms with van der Waals surface area (Å²) in [5, 5.41) is 21.4. The Kier molecular flexibility index (Phi) is 5.21. The summed E-state index contributed by atoms with van der Waals surface area (Å²) in [6.45, 7) is 1.62. The highest BCUT2D eigenvalue weighted by Crippen LogP contribution is 2.36. The van der Waals surface area contributed by atoms with E-state index in [0.717, 1.165) is 0 Å². The number of H-pyrrole nitrogens is 1. The third-order valence-corrected chi connectivity index (χ3v) is 5.27. The second-order valence-corrected chi connectivity index (χ2v) is 7.32. The molecule has 0 spiro atoms. The summed E-state index contributed by atoms with van der Waals surface area (Å²) < 4.78 is 28.9. The first-order valence-corrected chi connectivity index (χ1v) is 9.47. The van der Waals surface area contributed by atoms with Gasteiger partial charge in [0, 0.05) is 29.5 Å². The third kappa shape index (κ3) is 4.00. The van der Waals surface area contributed by atoms with Gasteiger partial charge in [-0.2, -0.15) is 10.4 Å². The molecule has 1 aliphatic rings. The molecule has 0 saturated carbocycles. The zero-order chi connectivity index (χ0) is 22.1. The monoisotopic (exact) mass is 421 g/mol. The highest BCUT2D eigenvalue weighted by Gasteiger charge is 2.31. The molecule has 7 nitrogen and oxygen atoms in total. The molecule has 2 heterocycles. The van der Waals surface area contributed by atoms with E-state index in [2.05, 4.69) is 20.8 Å². The lowest BCUT2D eigenvalue weighted by Gasteiger charge is -2.28. The maximum atomic E-state index is 14.6. The summed E-state index contributed by atoms with van der Waals surface area (Å²) in [6.07, 6.45) is 1.26. The molecule has 2 amide bonds. The molecule has 9 heteroatoms. The average molecular weight is 421 g/mol. The minimum absolute atomic E-state index is 0.00814. The second-order valence-electron chi connectivity index (χ2n) is 7.32. The average Bonchev–Trinajstić information content (AvgIpc) is 3.17. The number of carbonyl (C=O) groups is 2. The lowest BCUT2D eigenvalue weighted by Crippen LogP contribution is -2.32. The van der Waals surface area contributed by atoms with E-state index in [1.54, 1.807) is 6.92 Å². The van der Waals surface area contributed by atoms with Crippen LogP contribution in [0.3, 0.4) is 0 Å². The van der Waals surface area contributed by atoms with Crippen molar-refractivity contribution in [2.75, 3.05) is 5.32 Å². The molecule has 0 saturated heterocycles. The number of allylic oxidation sites excluding steroid dienone is 1. The predicted molar refractivity (Wildman–Crippen MR) is 109 cm³/mol. The molecule has 3 aromatic rings. The number of fused-ring (bicyclic) bond motifs is 1. The van der Waals surface area contributed by atoms with E-state index in [9.17, 15) is 18.4 Å². The molecule has 31 heavy (non-hydrogen) atoms. The molecule has 156 valence electrons. The molecule has 0 radical (unpaired) electrons. The van der Waals surface area contributed by atoms with Gasteiger partial charge < -0.3 is 10.6 Å². The second kappa shape index (κ2) is 7.99. The van der Waals surface area contributed by atoms with Crippen molar-refractivity contribution in [3.63, 3.8) is 0 Å². The van der Waals surface area contributed by atoms with Crippen LogP contribution in [0.25, 0.3) is 10.9 Å². The van der Waals surface area contributed by atoms with E-state index in [1.165, 1.54) is 36.5 Å². The molecule has 0 aliphatic carbocycles. The Bertz CT molecular complexity index is 1290. The molecule has 4 rings (SSSR count). The van der Waals surface area contributed by atoms with Gasteiger partial charge in [0.25, 0.3) is 0 Å². The first-order chi connectivity index (χ1) is 14.9. The van der Waals surface area contributed by atoms with E-state index in [4.69, 9.17) is 5.26 Å². The molecular formula is C22H17F2N5O2. The van der Waals surface area contributed by atoms with Crippen LogP contribution in [-0.4, -0.2) is 22.0 Å². The number of benzene rings is 2. The minimum Gasteiger partial charge on any atom is -0.330 e. The highest BCUT2D eigenvalue weighted by molar-refractivity contribution is 5.95. The Morgan fingerprint density at radius 2 is 2.10 bits per heavy atom. The van der Waals surface area contributed by atoms with Crippen molar-refractivity contribution in [1.29, 1.82) is 5.26 Å². The number of hydrogen-bond acceptors (Lipinski definition) is 4. The van der Waals surface area contributed by atoms with Gasteiger partial charge in [0.2, 0.25) is 11.8 Å². The fourth-order valence-corrected chi connectivity index (χ4v) is 3.77. The van der Waals surface area contributed by atoms with E-state index < -0.39 is 23.5 Å². The quantitative estimate of drug-likeness (QED) is 0.597. The zero-order valence-electron chi connectivity index (χ0n) is 16.4. The Morgan fingerprint density at radius 3 is 2.87 bits per heavy atom. The van der Waals surface area contributed by atoms with Crippen molar-refractivity contribution in [3.05, 3.63) is 70.6 Å². The molecule has 0 bridgehead atoms. The summed E-state index contributed by atoms with van der Waals surface area (Å²) in [5.41, 5.74) is 1.84. The number of nitrogens with zero attached hydrogens (tertiary/aromatic N) is 2. The SMILES string of the molecule is CC1=C(CC(=O)Nc2cc3cn[nH]c3cc2F)C(c2cc(C#N)ccc2F)CC(=O)N1. The lowest BCUT2D eigenvalue weighted by molar-refractivity contribution is -0.121. The van der Waals surface area contributed by atoms with Crippen LogP contribution in [0.2, 0.25) is 0 Å². The van der Waals surface area contributed by atoms with Crippen LogP contribution in [0.1, 0.15) is 36.8 Å². The molecule has 1 aromatic heterocycles. The standard InChI is InChI=1S/C22H17F2N5O2/c1-11-14(6-22(31)28-20-5-13-10-26-29-19(13)8-18(20)24)15(7-21(30)27-11)16-4-12(9-25)2-3-17(16)23/h2-5,8,10,15H,6-7H2,1H3,(H,26,29)(H,27,30)(H,28,31). The molecule has 2 aromatic carbocycles. The number of amides is 2. The fraction of sp³-hybridized carbons (Fsp3) is 0.182. The predicted octanol–water partition coefficient (Wildman–Crippen LogP) is 3.62. The largest absolute Gasteiger partial charge is 0.330 e. The number of rotatable bonds is 4. The molecule has 1 atom stereocenters. The Morgan fingerprint density at radius 1 is 1.29 bits per heavy atom. The Hall–Kier alpha value is -4.06. The summed E-state index contributed by atoms with van der Waals surface area (Å²) in [5.74, 6) is -2.74. The van der Waals surface area contributed by atoms with E-state index in [-0.39, 0.29) is 35.6 Å². The smallest absolute Gasteiger partial charge is 0.228 e. The summed E-state index contributed by atoms with van der Waals surface area (Å²) in [6, 6.07) is 8.55. The van der Waals surface area contributed by atoms with Gasteiger partial charge in [-0.3, -0.25) is 14.7 Å². The van der Waals surface area contributed by atoms with Crippen LogP contribution in [-0.2, 0) is 9.59 Å². The van der Waals surface area contributed by atoms with Crippen molar-refractivity contribution < 1.29 is 18.4 Å². The van der Waals surface area contributed by atoms with E-state index in [1.807, 2.05) is 6.07 Å². The number of carbonyl (C=O) groups excluding carboxylic acids is 2. The third-order valence-electron chi connectivity index (χ3n) is 5.27. The van der Waals surface area contributed by atoms with Gasteiger partial charge >= 0.3 is 0 Å². The number of hydrogen-bond donors (Lipinski definition) is 3. The molecular weight excluding hydrogens is 404 g/mol. The van der Waals surface area contributed by atoms with Crippen molar-refractivity contribution in [1.82, 2.24) is 15.5 Å². The number of anilines is 1. The van der Waals surface area contributed by atoms with Crippen LogP contribution < -0.4 is 10.6 Å². The van der Waals surface area contributed by atoms with Crippen LogP contribution >= 0.6 is 0 Å². The zero-order valence-corrected chi connectivity index (χ0v) is 16.4. The summed E-state index contributed by atoms with van der Waals surface area (Å²) in [7, 11) is 0. The number of halogens is 2. The van der Waals surface area contributed by atoms with Crippen molar-refractivity contribution in [3.8, 4) is 6.07 Å². The number of nitrogens with one attached hydrogen (secondary N) is 3. The maximum absolute atomic E-state index is 14.6. The Balaban J connectivity index is 1.63. The summed E-state index contributed by atoms with van der Waals surface area (Å²) in [4.78, 5) is 24.8. The number of aromatic amines is 1. The van der Waals surface area contributed by atoms with Gasteiger partial charge in [-0.05, 0) is 42.3 Å². The molecule has 3 N–H and O–H groups in total. The Labute approximate surface area is 175 Å². The van der Waals surface area contributed by atoms with Crippen molar-refractivity contribution in [2.45, 2.75) is 25.7 Å². The normalized spacial score (nSPS) is 16.2. The number of aromatic nitrogens is 2. The van der Waals surface area contributed by atoms with E-state index in [0.29, 0.717) is 22.2 Å². The van der Waals surface area contributed by atoms with E-state index >= 15 is 0 Å². The van der Waals surface area contributed by atoms with Crippen LogP contribution in [0, 0.1) is 23.0 Å². The van der Waals surface area contributed by atoms with Crippen LogP contribution in [0.5, 0.6) is 0 Å².